The number of rotatable bonds is 4. The topological polar surface area (TPSA) is 107 Å². The maximum Gasteiger partial charge on any atom is 0.244 e. The first-order valence-corrected chi connectivity index (χ1v) is 12.7. The van der Waals surface area contributed by atoms with Gasteiger partial charge in [0.15, 0.2) is 0 Å². The maximum atomic E-state index is 13.8. The van der Waals surface area contributed by atoms with Gasteiger partial charge in [0.2, 0.25) is 17.8 Å². The molecule has 35 heavy (non-hydrogen) atoms. The molecule has 1 saturated carbocycles. The van der Waals surface area contributed by atoms with E-state index in [0.717, 1.165) is 68.9 Å². The van der Waals surface area contributed by atoms with Crippen molar-refractivity contribution in [2.24, 2.45) is 5.41 Å². The van der Waals surface area contributed by atoms with Gasteiger partial charge >= 0.3 is 0 Å². The summed E-state index contributed by atoms with van der Waals surface area (Å²) in [6, 6.07) is 4.09. The molecule has 0 aromatic carbocycles. The summed E-state index contributed by atoms with van der Waals surface area (Å²) in [5.74, 6) is 1.78. The van der Waals surface area contributed by atoms with Crippen molar-refractivity contribution in [1.29, 1.82) is 0 Å². The number of piperazine rings is 1. The van der Waals surface area contributed by atoms with Gasteiger partial charge in [-0.1, -0.05) is 12.8 Å². The van der Waals surface area contributed by atoms with E-state index in [0.29, 0.717) is 31.2 Å². The van der Waals surface area contributed by atoms with Crippen LogP contribution in [0.1, 0.15) is 37.7 Å². The van der Waals surface area contributed by atoms with Gasteiger partial charge in [-0.25, -0.2) is 9.97 Å². The number of hydrogen-bond donors (Lipinski definition) is 2. The maximum absolute atomic E-state index is 13.8. The molecule has 2 N–H and O–H groups in total. The second-order valence-corrected chi connectivity index (χ2v) is 10.2. The highest BCUT2D eigenvalue weighted by atomic mass is 16.2. The molecule has 1 aliphatic carbocycles. The van der Waals surface area contributed by atoms with Crippen LogP contribution in [0.25, 0.3) is 0 Å². The second-order valence-electron chi connectivity index (χ2n) is 10.2. The van der Waals surface area contributed by atoms with Crippen molar-refractivity contribution in [3.05, 3.63) is 30.1 Å². The molecule has 2 aromatic rings. The highest BCUT2D eigenvalue weighted by Gasteiger charge is 2.56. The summed E-state index contributed by atoms with van der Waals surface area (Å²) in [5, 5.41) is 6.13. The summed E-state index contributed by atoms with van der Waals surface area (Å²) < 4.78 is 0. The molecule has 2 amide bonds. The number of carbonyl (C=O) groups is 2. The lowest BCUT2D eigenvalue weighted by atomic mass is 9.76. The summed E-state index contributed by atoms with van der Waals surface area (Å²) >= 11 is 0. The molecular weight excluding hydrogens is 444 g/mol. The van der Waals surface area contributed by atoms with Crippen molar-refractivity contribution >= 4 is 35.1 Å². The molecular formula is C25H32N8O2. The average molecular weight is 477 g/mol. The predicted octanol–water partition coefficient (Wildman–Crippen LogP) is 1.70. The van der Waals surface area contributed by atoms with Crippen LogP contribution in [0, 0.1) is 5.41 Å². The Hall–Kier alpha value is -3.27. The fourth-order valence-corrected chi connectivity index (χ4v) is 5.88. The fraction of sp³-hybridized carbons (Fsp3) is 0.560. The van der Waals surface area contributed by atoms with E-state index in [9.17, 15) is 9.59 Å². The second kappa shape index (κ2) is 8.75. The molecule has 2 aromatic heterocycles. The number of nitrogens with zero attached hydrogens (tertiary/aromatic N) is 6. The van der Waals surface area contributed by atoms with Crippen LogP contribution in [-0.4, -0.2) is 77.5 Å². The van der Waals surface area contributed by atoms with Crippen LogP contribution < -0.4 is 20.4 Å². The Morgan fingerprint density at radius 2 is 1.86 bits per heavy atom. The lowest BCUT2D eigenvalue weighted by Gasteiger charge is -2.40. The van der Waals surface area contributed by atoms with Gasteiger partial charge in [0, 0.05) is 56.9 Å². The minimum atomic E-state index is -1.02. The number of hydrogen-bond acceptors (Lipinski definition) is 8. The largest absolute Gasteiger partial charge is 0.355 e. The number of fused-ring (bicyclic) bond motifs is 1. The van der Waals surface area contributed by atoms with Crippen LogP contribution in [0.4, 0.5) is 23.3 Å². The minimum absolute atomic E-state index is 0.0825. The molecule has 3 fully saturated rings. The van der Waals surface area contributed by atoms with Crippen LogP contribution >= 0.6 is 0 Å². The zero-order valence-corrected chi connectivity index (χ0v) is 20.2. The molecule has 0 bridgehead atoms. The quantitative estimate of drug-likeness (QED) is 0.643. The highest BCUT2D eigenvalue weighted by molar-refractivity contribution is 6.14. The molecule has 4 aliphatic rings. The molecule has 1 atom stereocenters. The minimum Gasteiger partial charge on any atom is -0.355 e. The van der Waals surface area contributed by atoms with E-state index in [1.54, 1.807) is 12.4 Å². The Bertz CT molecular complexity index is 1120. The van der Waals surface area contributed by atoms with Gasteiger partial charge in [-0.05, 0) is 38.4 Å². The van der Waals surface area contributed by atoms with Crippen molar-refractivity contribution in [1.82, 2.24) is 25.2 Å². The number of pyridine rings is 1. The smallest absolute Gasteiger partial charge is 0.244 e. The SMILES string of the molecule is CN1CCN(c2ccc(Nc3ncc4c(n3)N(C3CCCC3)C(=O)[C@]3(CCNC3=O)C4)cn2)CC1. The third-order valence-corrected chi connectivity index (χ3v) is 7.98. The fourth-order valence-electron chi connectivity index (χ4n) is 5.88. The molecule has 184 valence electrons. The normalized spacial score (nSPS) is 25.3. The molecule has 5 heterocycles. The summed E-state index contributed by atoms with van der Waals surface area (Å²) in [7, 11) is 2.14. The van der Waals surface area contributed by atoms with Gasteiger partial charge in [-0.2, -0.15) is 4.98 Å². The number of nitrogens with one attached hydrogen (secondary N) is 2. The summed E-state index contributed by atoms with van der Waals surface area (Å²) in [4.78, 5) is 46.9. The first-order valence-electron chi connectivity index (χ1n) is 12.7. The van der Waals surface area contributed by atoms with Crippen LogP contribution in [0.15, 0.2) is 24.5 Å². The van der Waals surface area contributed by atoms with E-state index in [2.05, 4.69) is 37.4 Å². The number of anilines is 4. The zero-order valence-electron chi connectivity index (χ0n) is 20.2. The van der Waals surface area contributed by atoms with Crippen molar-refractivity contribution in [3.8, 4) is 0 Å². The Morgan fingerprint density at radius 1 is 1.06 bits per heavy atom. The lowest BCUT2D eigenvalue weighted by molar-refractivity contribution is -0.140. The first-order chi connectivity index (χ1) is 17.0. The molecule has 6 rings (SSSR count). The number of likely N-dealkylation sites (N-methyl/N-ethyl adjacent to an activating group) is 1. The number of aromatic nitrogens is 3. The Morgan fingerprint density at radius 3 is 2.54 bits per heavy atom. The highest BCUT2D eigenvalue weighted by Crippen LogP contribution is 2.44. The third-order valence-electron chi connectivity index (χ3n) is 7.98. The molecule has 0 radical (unpaired) electrons. The van der Waals surface area contributed by atoms with E-state index in [1.165, 1.54) is 0 Å². The van der Waals surface area contributed by atoms with Crippen LogP contribution in [0.2, 0.25) is 0 Å². The first kappa shape index (κ1) is 22.2. The molecule has 1 spiro atoms. The van der Waals surface area contributed by atoms with Gasteiger partial charge in [0.05, 0.1) is 11.9 Å². The van der Waals surface area contributed by atoms with E-state index in [-0.39, 0.29) is 17.9 Å². The van der Waals surface area contributed by atoms with Crippen molar-refractivity contribution in [3.63, 3.8) is 0 Å². The van der Waals surface area contributed by atoms with E-state index in [1.807, 2.05) is 17.0 Å². The number of carbonyl (C=O) groups excluding carboxylic acids is 2. The van der Waals surface area contributed by atoms with E-state index in [4.69, 9.17) is 4.98 Å². The van der Waals surface area contributed by atoms with Gasteiger partial charge in [0.25, 0.3) is 0 Å². The summed E-state index contributed by atoms with van der Waals surface area (Å²) in [5.41, 5.74) is 0.642. The van der Waals surface area contributed by atoms with Crippen LogP contribution in [0.3, 0.4) is 0 Å². The Labute approximate surface area is 205 Å². The predicted molar refractivity (Wildman–Crippen MR) is 133 cm³/mol. The Balaban J connectivity index is 1.26. The Kier molecular flexibility index (Phi) is 5.55. The van der Waals surface area contributed by atoms with Crippen LogP contribution in [0.5, 0.6) is 0 Å². The summed E-state index contributed by atoms with van der Waals surface area (Å²) in [6.45, 7) is 4.53. The molecule has 10 heteroatoms. The molecule has 2 saturated heterocycles. The van der Waals surface area contributed by atoms with Gasteiger partial charge < -0.3 is 20.4 Å². The van der Waals surface area contributed by atoms with Gasteiger partial charge in [-0.3, -0.25) is 14.5 Å². The van der Waals surface area contributed by atoms with Crippen molar-refractivity contribution < 1.29 is 9.59 Å². The standard InChI is InChI=1S/C25H32N8O2/c1-31-10-12-32(13-11-31)20-7-6-18(16-27-20)29-24-28-15-17-14-25(8-9-26-22(25)34)23(35)33(21(17)30-24)19-4-2-3-5-19/h6-7,15-16,19H,2-5,8-14H2,1H3,(H,26,34)(H,28,29,30)/t25-/m1/s1. The van der Waals surface area contributed by atoms with Crippen LogP contribution in [-0.2, 0) is 16.0 Å². The van der Waals surface area contributed by atoms with E-state index >= 15 is 0 Å². The lowest BCUT2D eigenvalue weighted by Crippen LogP contribution is -2.56. The molecule has 10 nitrogen and oxygen atoms in total. The van der Waals surface area contributed by atoms with Crippen molar-refractivity contribution in [2.75, 3.05) is 54.9 Å². The average Bonchev–Trinajstić information content (AvgIpc) is 3.52. The van der Waals surface area contributed by atoms with Gasteiger partial charge in [0.1, 0.15) is 17.1 Å². The third kappa shape index (κ3) is 3.89. The van der Waals surface area contributed by atoms with E-state index < -0.39 is 5.41 Å². The van der Waals surface area contributed by atoms with Crippen molar-refractivity contribution in [2.45, 2.75) is 44.6 Å². The zero-order chi connectivity index (χ0) is 24.0. The summed E-state index contributed by atoms with van der Waals surface area (Å²) in [6.07, 6.45) is 8.51. The monoisotopic (exact) mass is 476 g/mol. The number of amides is 2. The van der Waals surface area contributed by atoms with Gasteiger partial charge in [-0.15, -0.1) is 0 Å². The molecule has 3 aliphatic heterocycles. The molecule has 0 unspecified atom stereocenters.